The maximum absolute atomic E-state index is 13.0. The molecule has 1 aromatic heterocycles. The molecule has 0 N–H and O–H groups in total. The van der Waals surface area contributed by atoms with Crippen LogP contribution < -0.4 is 0 Å². The van der Waals surface area contributed by atoms with Crippen LogP contribution in [0, 0.1) is 11.3 Å². The van der Waals surface area contributed by atoms with Crippen molar-refractivity contribution in [3.63, 3.8) is 0 Å². The number of likely N-dealkylation sites (tertiary alicyclic amines) is 1. The normalized spacial score (nSPS) is 34.5. The zero-order valence-corrected chi connectivity index (χ0v) is 15.1. The van der Waals surface area contributed by atoms with Gasteiger partial charge in [-0.25, -0.2) is 0 Å². The van der Waals surface area contributed by atoms with E-state index in [1.54, 1.807) is 4.90 Å². The molecule has 152 valence electrons. The van der Waals surface area contributed by atoms with Gasteiger partial charge < -0.3 is 14.2 Å². The lowest BCUT2D eigenvalue weighted by Gasteiger charge is -2.68. The quantitative estimate of drug-likeness (QED) is 0.707. The number of nitrogens with zero attached hydrogens (tertiary/aromatic N) is 3. The Kier molecular flexibility index (Phi) is 3.65. The van der Waals surface area contributed by atoms with Crippen molar-refractivity contribution in [1.82, 2.24) is 15.0 Å². The van der Waals surface area contributed by atoms with Crippen molar-refractivity contribution < 1.29 is 32.0 Å². The van der Waals surface area contributed by atoms with Gasteiger partial charge in [-0.2, -0.15) is 18.2 Å². The molecule has 3 aliphatic carbocycles. The van der Waals surface area contributed by atoms with Gasteiger partial charge in [0.2, 0.25) is 11.8 Å². The van der Waals surface area contributed by atoms with E-state index in [0.717, 1.165) is 0 Å². The van der Waals surface area contributed by atoms with E-state index in [0.29, 0.717) is 50.7 Å². The summed E-state index contributed by atoms with van der Waals surface area (Å²) in [5.74, 6) is 0.664. The largest absolute Gasteiger partial charge is 0.465 e. The third-order valence-corrected chi connectivity index (χ3v) is 6.83. The molecule has 2 aliphatic heterocycles. The Balaban J connectivity index is 1.10. The van der Waals surface area contributed by atoms with Gasteiger partial charge in [0.25, 0.3) is 0 Å². The molecule has 0 aromatic carbocycles. The van der Waals surface area contributed by atoms with Gasteiger partial charge in [0, 0.05) is 25.4 Å². The van der Waals surface area contributed by atoms with E-state index in [2.05, 4.69) is 10.1 Å². The highest BCUT2D eigenvalue weighted by atomic mass is 19.4. The van der Waals surface area contributed by atoms with Gasteiger partial charge in [-0.1, -0.05) is 5.16 Å². The van der Waals surface area contributed by atoms with Crippen LogP contribution in [0.4, 0.5) is 13.2 Å². The molecule has 2 saturated heterocycles. The van der Waals surface area contributed by atoms with Crippen molar-refractivity contribution in [3.8, 4) is 0 Å². The van der Waals surface area contributed by atoms with E-state index in [4.69, 9.17) is 9.26 Å². The minimum Gasteiger partial charge on any atom is -0.465 e. The molecular weight excluding hydrogens is 379 g/mol. The highest BCUT2D eigenvalue weighted by molar-refractivity contribution is 5.77. The number of hydrogen-bond donors (Lipinski definition) is 0. The summed E-state index contributed by atoms with van der Waals surface area (Å²) in [5, 5.41) is 3.95. The van der Waals surface area contributed by atoms with Crippen molar-refractivity contribution in [2.75, 3.05) is 19.7 Å². The number of carbonyl (C=O) groups is 2. The molecule has 0 spiro atoms. The maximum atomic E-state index is 13.0. The zero-order valence-electron chi connectivity index (χ0n) is 15.1. The molecule has 1 aromatic rings. The fourth-order valence-electron chi connectivity index (χ4n) is 5.01. The van der Waals surface area contributed by atoms with Crippen LogP contribution >= 0.6 is 0 Å². The van der Waals surface area contributed by atoms with Crippen LogP contribution in [0.15, 0.2) is 4.52 Å². The number of esters is 1. The summed E-state index contributed by atoms with van der Waals surface area (Å²) in [6, 6.07) is 0. The Morgan fingerprint density at radius 2 is 1.96 bits per heavy atom. The standard InChI is InChI=1S/C18H20F3N3O4/c19-18(20,21)17-7-16(8-17,9-17)15-22-14(23-28-15)11-4-24(5-11)12(25)2-1-10-3-13(26)27-6-10/h10-11H,1-9H2/t10-,16?,17?/m0/s1. The average molecular weight is 399 g/mol. The Labute approximate surface area is 158 Å². The maximum Gasteiger partial charge on any atom is 0.394 e. The molecule has 1 atom stereocenters. The summed E-state index contributed by atoms with van der Waals surface area (Å²) < 4.78 is 49.1. The summed E-state index contributed by atoms with van der Waals surface area (Å²) >= 11 is 0. The van der Waals surface area contributed by atoms with Crippen molar-refractivity contribution in [2.24, 2.45) is 11.3 Å². The van der Waals surface area contributed by atoms with E-state index < -0.39 is 17.0 Å². The number of amides is 1. The second kappa shape index (κ2) is 5.70. The van der Waals surface area contributed by atoms with Crippen LogP contribution in [0.2, 0.25) is 0 Å². The fraction of sp³-hybridized carbons (Fsp3) is 0.778. The van der Waals surface area contributed by atoms with Gasteiger partial charge in [-0.05, 0) is 25.7 Å². The van der Waals surface area contributed by atoms with Crippen molar-refractivity contribution >= 4 is 11.9 Å². The molecular formula is C18H20F3N3O4. The van der Waals surface area contributed by atoms with Crippen LogP contribution in [0.3, 0.4) is 0 Å². The van der Waals surface area contributed by atoms with Gasteiger partial charge in [-0.15, -0.1) is 0 Å². The molecule has 1 amide bonds. The van der Waals surface area contributed by atoms with Crippen LogP contribution in [0.5, 0.6) is 0 Å². The van der Waals surface area contributed by atoms with Gasteiger partial charge >= 0.3 is 12.1 Å². The minimum absolute atomic E-state index is 0.0193. The molecule has 0 radical (unpaired) electrons. The molecule has 3 heterocycles. The number of alkyl halides is 3. The smallest absolute Gasteiger partial charge is 0.394 e. The van der Waals surface area contributed by atoms with Crippen molar-refractivity contribution in [1.29, 1.82) is 0 Å². The highest BCUT2D eigenvalue weighted by Gasteiger charge is 2.80. The third kappa shape index (κ3) is 2.56. The van der Waals surface area contributed by atoms with E-state index in [-0.39, 0.29) is 43.0 Å². The van der Waals surface area contributed by atoms with Gasteiger partial charge in [0.1, 0.15) is 0 Å². The second-order valence-corrected chi connectivity index (χ2v) is 8.83. The lowest BCUT2D eigenvalue weighted by molar-refractivity contribution is -0.341. The molecule has 0 unspecified atom stereocenters. The number of halogens is 3. The summed E-state index contributed by atoms with van der Waals surface area (Å²) in [7, 11) is 0. The molecule has 28 heavy (non-hydrogen) atoms. The predicted molar refractivity (Wildman–Crippen MR) is 85.9 cm³/mol. The van der Waals surface area contributed by atoms with E-state index in [1.807, 2.05) is 0 Å². The average Bonchev–Trinajstić information content (AvgIpc) is 3.09. The van der Waals surface area contributed by atoms with Crippen molar-refractivity contribution in [3.05, 3.63) is 11.7 Å². The van der Waals surface area contributed by atoms with Gasteiger partial charge in [0.15, 0.2) is 5.82 Å². The molecule has 5 aliphatic rings. The number of hydrogen-bond acceptors (Lipinski definition) is 6. The molecule has 10 heteroatoms. The zero-order chi connectivity index (χ0) is 19.7. The van der Waals surface area contributed by atoms with Gasteiger partial charge in [-0.3, -0.25) is 9.59 Å². The Bertz CT molecular complexity index is 811. The third-order valence-electron chi connectivity index (χ3n) is 6.83. The van der Waals surface area contributed by atoms with Crippen molar-refractivity contribution in [2.45, 2.75) is 56.0 Å². The van der Waals surface area contributed by atoms with Crippen LogP contribution in [-0.2, 0) is 19.7 Å². The van der Waals surface area contributed by atoms with E-state index >= 15 is 0 Å². The number of rotatable bonds is 5. The summed E-state index contributed by atoms with van der Waals surface area (Å²) in [5.41, 5.74) is -2.14. The summed E-state index contributed by atoms with van der Waals surface area (Å²) in [6.07, 6.45) is -2.69. The topological polar surface area (TPSA) is 85.5 Å². The first-order valence-electron chi connectivity index (χ1n) is 9.54. The summed E-state index contributed by atoms with van der Waals surface area (Å²) in [6.45, 7) is 1.35. The number of ether oxygens (including phenoxy) is 1. The Hall–Kier alpha value is -2.13. The van der Waals surface area contributed by atoms with E-state index in [1.165, 1.54) is 0 Å². The van der Waals surface area contributed by atoms with E-state index in [9.17, 15) is 22.8 Å². The van der Waals surface area contributed by atoms with Gasteiger partial charge in [0.05, 0.1) is 29.8 Å². The predicted octanol–water partition coefficient (Wildman–Crippen LogP) is 2.32. The fourth-order valence-corrected chi connectivity index (χ4v) is 5.01. The molecule has 6 rings (SSSR count). The monoisotopic (exact) mass is 399 g/mol. The SMILES string of the molecule is O=C1C[C@H](CCC(=O)N2CC(c3noc(C45CC(C(F)(F)F)(C4)C5)n3)C2)CO1. The Morgan fingerprint density at radius 1 is 1.25 bits per heavy atom. The van der Waals surface area contributed by atoms with Crippen LogP contribution in [0.1, 0.15) is 56.2 Å². The molecule has 7 nitrogen and oxygen atoms in total. The highest BCUT2D eigenvalue weighted by Crippen LogP contribution is 2.78. The lowest BCUT2D eigenvalue weighted by Crippen LogP contribution is -2.70. The summed E-state index contributed by atoms with van der Waals surface area (Å²) in [4.78, 5) is 29.4. The minimum atomic E-state index is -4.16. The number of aromatic nitrogens is 2. The number of cyclic esters (lactones) is 1. The molecule has 5 fully saturated rings. The Morgan fingerprint density at radius 3 is 2.57 bits per heavy atom. The first-order valence-corrected chi connectivity index (χ1v) is 9.54. The van der Waals surface area contributed by atoms with Crippen LogP contribution in [-0.4, -0.2) is 52.8 Å². The second-order valence-electron chi connectivity index (χ2n) is 8.83. The van der Waals surface area contributed by atoms with Crippen LogP contribution in [0.25, 0.3) is 0 Å². The molecule has 2 bridgehead atoms. The number of carbonyl (C=O) groups excluding carboxylic acids is 2. The first-order chi connectivity index (χ1) is 13.2. The first kappa shape index (κ1) is 17.9. The molecule has 3 saturated carbocycles. The lowest BCUT2D eigenvalue weighted by atomic mass is 9.34.